The van der Waals surface area contributed by atoms with Gasteiger partial charge in [-0.2, -0.15) is 0 Å². The molecule has 0 fully saturated rings. The fourth-order valence-electron chi connectivity index (χ4n) is 2.57. The number of benzene rings is 3. The Morgan fingerprint density at radius 3 is 2.50 bits per heavy atom. The van der Waals surface area contributed by atoms with Crippen molar-refractivity contribution in [3.63, 3.8) is 0 Å². The van der Waals surface area contributed by atoms with Gasteiger partial charge >= 0.3 is 0 Å². The topological polar surface area (TPSA) is 0 Å². The van der Waals surface area contributed by atoms with Crippen LogP contribution in [0.1, 0.15) is 1.37 Å². The first-order valence-corrected chi connectivity index (χ1v) is 7.60. The molecule has 0 radical (unpaired) electrons. The third-order valence-corrected chi connectivity index (χ3v) is 4.84. The quantitative estimate of drug-likeness (QED) is 0.382. The van der Waals surface area contributed by atoms with Crippen molar-refractivity contribution in [2.45, 2.75) is 0 Å². The van der Waals surface area contributed by atoms with E-state index in [1.54, 1.807) is 11.3 Å². The van der Waals surface area contributed by atoms with Gasteiger partial charge in [0.05, 0.1) is 1.37 Å². The number of thiophene rings is 1. The van der Waals surface area contributed by atoms with Crippen LogP contribution in [-0.4, -0.2) is 0 Å². The van der Waals surface area contributed by atoms with E-state index in [2.05, 4.69) is 18.2 Å². The Balaban J connectivity index is 2.14. The number of rotatable bonds is 1. The monoisotopic (exact) mass is 295 g/mol. The van der Waals surface area contributed by atoms with Gasteiger partial charge in [0.15, 0.2) is 0 Å². The first-order valence-electron chi connectivity index (χ1n) is 6.91. The molecule has 0 saturated heterocycles. The van der Waals surface area contributed by atoms with E-state index in [-0.39, 0.29) is 0 Å². The molecule has 0 spiro atoms. The Hall–Kier alpha value is -1.83. The van der Waals surface area contributed by atoms with Crippen LogP contribution < -0.4 is 0 Å². The van der Waals surface area contributed by atoms with E-state index in [1.807, 2.05) is 42.5 Å². The Morgan fingerprint density at radius 2 is 1.65 bits per heavy atom. The van der Waals surface area contributed by atoms with Crippen LogP contribution in [0.15, 0.2) is 66.7 Å². The Bertz CT molecular complexity index is 954. The number of hydrogen-bond acceptors (Lipinski definition) is 1. The highest BCUT2D eigenvalue weighted by Crippen LogP contribution is 2.39. The second-order valence-electron chi connectivity index (χ2n) is 4.70. The molecule has 0 nitrogen and oxygen atoms in total. The van der Waals surface area contributed by atoms with Gasteiger partial charge in [-0.15, -0.1) is 11.3 Å². The molecule has 0 amide bonds. The first-order chi connectivity index (χ1) is 10.2. The molecule has 3 aromatic carbocycles. The highest BCUT2D eigenvalue weighted by atomic mass is 35.5. The second kappa shape index (κ2) is 4.62. The van der Waals surface area contributed by atoms with Gasteiger partial charge in [-0.05, 0) is 35.4 Å². The standard InChI is InChI=1S/C18H11ClS/c19-13-10-8-12(9-11-13)14-5-3-7-17-18(14)15-4-1-2-6-16(15)20-17/h1-11H/i7D. The molecule has 0 N–H and O–H groups in total. The van der Waals surface area contributed by atoms with Gasteiger partial charge < -0.3 is 0 Å². The van der Waals surface area contributed by atoms with Gasteiger partial charge in [0.2, 0.25) is 0 Å². The van der Waals surface area contributed by atoms with Crippen molar-refractivity contribution in [1.29, 1.82) is 0 Å². The van der Waals surface area contributed by atoms with Crippen LogP contribution in [-0.2, 0) is 0 Å². The SMILES string of the molecule is [2H]c1ccc(-c2ccc(Cl)cc2)c2c1sc1ccccc12. The van der Waals surface area contributed by atoms with Gasteiger partial charge in [0, 0.05) is 25.2 Å². The molecule has 96 valence electrons. The molecule has 4 rings (SSSR count). The first kappa shape index (κ1) is 10.9. The molecule has 0 aliphatic rings. The fourth-order valence-corrected chi connectivity index (χ4v) is 3.79. The summed E-state index contributed by atoms with van der Waals surface area (Å²) in [6.07, 6.45) is 0. The number of fused-ring (bicyclic) bond motifs is 3. The minimum absolute atomic E-state index is 0.587. The van der Waals surface area contributed by atoms with Crippen molar-refractivity contribution < 1.29 is 1.37 Å². The maximum atomic E-state index is 8.18. The summed E-state index contributed by atoms with van der Waals surface area (Å²) in [5, 5.41) is 3.13. The summed E-state index contributed by atoms with van der Waals surface area (Å²) in [6, 6.07) is 20.7. The van der Waals surface area contributed by atoms with E-state index in [9.17, 15) is 0 Å². The maximum absolute atomic E-state index is 8.18. The molecular weight excluding hydrogens is 284 g/mol. The smallest absolute Gasteiger partial charge is 0.0638 e. The highest BCUT2D eigenvalue weighted by molar-refractivity contribution is 7.25. The lowest BCUT2D eigenvalue weighted by Gasteiger charge is -2.04. The van der Waals surface area contributed by atoms with Gasteiger partial charge in [0.1, 0.15) is 0 Å². The summed E-state index contributed by atoms with van der Waals surface area (Å²) < 4.78 is 10.4. The minimum Gasteiger partial charge on any atom is -0.135 e. The zero-order valence-corrected chi connectivity index (χ0v) is 12.1. The molecule has 0 bridgehead atoms. The van der Waals surface area contributed by atoms with Crippen molar-refractivity contribution in [2.75, 3.05) is 0 Å². The summed E-state index contributed by atoms with van der Waals surface area (Å²) in [5.74, 6) is 0. The van der Waals surface area contributed by atoms with Crippen LogP contribution in [0.2, 0.25) is 5.02 Å². The van der Waals surface area contributed by atoms with Gasteiger partial charge in [-0.1, -0.05) is 54.1 Å². The van der Waals surface area contributed by atoms with Gasteiger partial charge in [-0.25, -0.2) is 0 Å². The normalized spacial score (nSPS) is 11.9. The molecule has 1 heterocycles. The third-order valence-electron chi connectivity index (χ3n) is 3.48. The van der Waals surface area contributed by atoms with E-state index in [0.29, 0.717) is 6.04 Å². The minimum atomic E-state index is 0.587. The van der Waals surface area contributed by atoms with Gasteiger partial charge in [0.25, 0.3) is 0 Å². The van der Waals surface area contributed by atoms with E-state index in [4.69, 9.17) is 13.0 Å². The van der Waals surface area contributed by atoms with Crippen molar-refractivity contribution in [2.24, 2.45) is 0 Å². The molecular formula is C18H11ClS. The average Bonchev–Trinajstić information content (AvgIpc) is 2.90. The Labute approximate surface area is 127 Å². The van der Waals surface area contributed by atoms with Crippen LogP contribution in [0.25, 0.3) is 31.3 Å². The second-order valence-corrected chi connectivity index (χ2v) is 6.19. The third kappa shape index (κ3) is 1.82. The van der Waals surface area contributed by atoms with Crippen LogP contribution in [0.3, 0.4) is 0 Å². The molecule has 0 aliphatic heterocycles. The zero-order valence-electron chi connectivity index (χ0n) is 11.6. The van der Waals surface area contributed by atoms with E-state index < -0.39 is 0 Å². The van der Waals surface area contributed by atoms with E-state index in [0.717, 1.165) is 20.8 Å². The summed E-state index contributed by atoms with van der Waals surface area (Å²) in [4.78, 5) is 0. The summed E-state index contributed by atoms with van der Waals surface area (Å²) in [5.41, 5.74) is 2.29. The Morgan fingerprint density at radius 1 is 0.850 bits per heavy atom. The van der Waals surface area contributed by atoms with Gasteiger partial charge in [-0.3, -0.25) is 0 Å². The molecule has 4 aromatic rings. The summed E-state index contributed by atoms with van der Waals surface area (Å²) in [7, 11) is 0. The molecule has 1 aromatic heterocycles. The highest BCUT2D eigenvalue weighted by Gasteiger charge is 2.09. The van der Waals surface area contributed by atoms with Crippen molar-refractivity contribution >= 4 is 43.1 Å². The van der Waals surface area contributed by atoms with E-state index in [1.165, 1.54) is 15.5 Å². The van der Waals surface area contributed by atoms with Crippen molar-refractivity contribution in [3.8, 4) is 11.1 Å². The largest absolute Gasteiger partial charge is 0.135 e. The lowest BCUT2D eigenvalue weighted by atomic mass is 10.00. The molecule has 2 heteroatoms. The van der Waals surface area contributed by atoms with Crippen molar-refractivity contribution in [1.82, 2.24) is 0 Å². The molecule has 0 saturated carbocycles. The maximum Gasteiger partial charge on any atom is 0.0638 e. The lowest BCUT2D eigenvalue weighted by molar-refractivity contribution is 1.67. The Kier molecular flexibility index (Phi) is 2.52. The molecule has 0 unspecified atom stereocenters. The number of halogens is 1. The van der Waals surface area contributed by atoms with Crippen molar-refractivity contribution in [3.05, 3.63) is 71.7 Å². The van der Waals surface area contributed by atoms with Crippen LogP contribution in [0.5, 0.6) is 0 Å². The summed E-state index contributed by atoms with van der Waals surface area (Å²) >= 11 is 7.68. The predicted octanol–water partition coefficient (Wildman–Crippen LogP) is 6.37. The fraction of sp³-hybridized carbons (Fsp3) is 0. The lowest BCUT2D eigenvalue weighted by Crippen LogP contribution is -1.78. The molecule has 20 heavy (non-hydrogen) atoms. The van der Waals surface area contributed by atoms with Crippen LogP contribution in [0, 0.1) is 0 Å². The van der Waals surface area contributed by atoms with Crippen LogP contribution in [0.4, 0.5) is 0 Å². The zero-order chi connectivity index (χ0) is 14.4. The summed E-state index contributed by atoms with van der Waals surface area (Å²) in [6.45, 7) is 0. The molecule has 0 atom stereocenters. The van der Waals surface area contributed by atoms with Crippen LogP contribution >= 0.6 is 22.9 Å². The predicted molar refractivity (Wildman–Crippen MR) is 89.8 cm³/mol. The molecule has 0 aliphatic carbocycles. The van der Waals surface area contributed by atoms with E-state index >= 15 is 0 Å². The number of hydrogen-bond donors (Lipinski definition) is 0. The average molecular weight is 296 g/mol.